The average Bonchev–Trinajstić information content (AvgIpc) is 2.26. The standard InChI is InChI=1S/C13H18N2O3/c1-8-4-9(14)7-15(6-8)13(18)11-3-2-10(16)5-12(11)17/h2-3,5,8-9,16-17H,4,6-7,14H2,1H3. The molecule has 1 amide bonds. The second-order valence-corrected chi connectivity index (χ2v) is 5.01. The smallest absolute Gasteiger partial charge is 0.257 e. The predicted octanol–water partition coefficient (Wildman–Crippen LogP) is 0.907. The average molecular weight is 250 g/mol. The van der Waals surface area contributed by atoms with Crippen LogP contribution >= 0.6 is 0 Å². The van der Waals surface area contributed by atoms with E-state index in [0.717, 1.165) is 6.42 Å². The number of rotatable bonds is 1. The van der Waals surface area contributed by atoms with Crippen LogP contribution in [0.5, 0.6) is 11.5 Å². The molecule has 98 valence electrons. The van der Waals surface area contributed by atoms with Crippen molar-refractivity contribution in [1.29, 1.82) is 0 Å². The lowest BCUT2D eigenvalue weighted by molar-refractivity contribution is 0.0658. The first-order valence-corrected chi connectivity index (χ1v) is 6.04. The van der Waals surface area contributed by atoms with Crippen LogP contribution < -0.4 is 5.73 Å². The number of aromatic hydroxyl groups is 2. The topological polar surface area (TPSA) is 86.8 Å². The summed E-state index contributed by atoms with van der Waals surface area (Å²) in [6.07, 6.45) is 0.908. The molecule has 4 N–H and O–H groups in total. The van der Waals surface area contributed by atoms with Crippen molar-refractivity contribution in [2.24, 2.45) is 11.7 Å². The van der Waals surface area contributed by atoms with Crippen LogP contribution in [-0.2, 0) is 0 Å². The van der Waals surface area contributed by atoms with Gasteiger partial charge in [0.05, 0.1) is 5.56 Å². The van der Waals surface area contributed by atoms with Crippen molar-refractivity contribution < 1.29 is 15.0 Å². The van der Waals surface area contributed by atoms with E-state index in [-0.39, 0.29) is 29.0 Å². The summed E-state index contributed by atoms with van der Waals surface area (Å²) < 4.78 is 0. The Bertz CT molecular complexity index is 452. The van der Waals surface area contributed by atoms with Gasteiger partial charge in [-0.3, -0.25) is 4.79 Å². The van der Waals surface area contributed by atoms with Crippen LogP contribution in [0.25, 0.3) is 0 Å². The maximum absolute atomic E-state index is 12.3. The van der Waals surface area contributed by atoms with E-state index in [1.54, 1.807) is 4.90 Å². The first-order valence-electron chi connectivity index (χ1n) is 6.04. The number of nitrogens with two attached hydrogens (primary N) is 1. The lowest BCUT2D eigenvalue weighted by Gasteiger charge is -2.34. The zero-order chi connectivity index (χ0) is 13.3. The Morgan fingerprint density at radius 2 is 2.11 bits per heavy atom. The van der Waals surface area contributed by atoms with Gasteiger partial charge >= 0.3 is 0 Å². The lowest BCUT2D eigenvalue weighted by Crippen LogP contribution is -2.48. The highest BCUT2D eigenvalue weighted by atomic mass is 16.3. The molecular weight excluding hydrogens is 232 g/mol. The van der Waals surface area contributed by atoms with E-state index in [2.05, 4.69) is 6.92 Å². The Hall–Kier alpha value is -1.75. The second-order valence-electron chi connectivity index (χ2n) is 5.01. The molecule has 1 heterocycles. The van der Waals surface area contributed by atoms with E-state index in [9.17, 15) is 15.0 Å². The lowest BCUT2D eigenvalue weighted by atomic mass is 9.96. The minimum atomic E-state index is -0.241. The zero-order valence-electron chi connectivity index (χ0n) is 10.3. The summed E-state index contributed by atoms with van der Waals surface area (Å²) in [6, 6.07) is 3.97. The Labute approximate surface area is 106 Å². The number of amides is 1. The Kier molecular flexibility index (Phi) is 3.43. The molecule has 0 aliphatic carbocycles. The van der Waals surface area contributed by atoms with E-state index in [4.69, 9.17) is 5.73 Å². The van der Waals surface area contributed by atoms with Crippen molar-refractivity contribution in [3.8, 4) is 11.5 Å². The van der Waals surface area contributed by atoms with Crippen molar-refractivity contribution in [1.82, 2.24) is 4.90 Å². The fraction of sp³-hybridized carbons (Fsp3) is 0.462. The highest BCUT2D eigenvalue weighted by Crippen LogP contribution is 2.25. The van der Waals surface area contributed by atoms with E-state index in [1.807, 2.05) is 0 Å². The van der Waals surface area contributed by atoms with Crippen LogP contribution in [0.1, 0.15) is 23.7 Å². The van der Waals surface area contributed by atoms with Crippen molar-refractivity contribution in [3.05, 3.63) is 23.8 Å². The van der Waals surface area contributed by atoms with Crippen LogP contribution in [0.15, 0.2) is 18.2 Å². The molecule has 5 nitrogen and oxygen atoms in total. The summed E-state index contributed by atoms with van der Waals surface area (Å²) in [5.41, 5.74) is 6.10. The highest BCUT2D eigenvalue weighted by molar-refractivity contribution is 5.97. The molecular formula is C13H18N2O3. The summed E-state index contributed by atoms with van der Waals surface area (Å²) in [5, 5.41) is 18.9. The van der Waals surface area contributed by atoms with Crippen LogP contribution in [-0.4, -0.2) is 40.2 Å². The van der Waals surface area contributed by atoms with Gasteiger partial charge in [-0.1, -0.05) is 6.92 Å². The number of hydrogen-bond donors (Lipinski definition) is 3. The van der Waals surface area contributed by atoms with Crippen LogP contribution in [0.3, 0.4) is 0 Å². The van der Waals surface area contributed by atoms with Crippen molar-refractivity contribution in [2.45, 2.75) is 19.4 Å². The molecule has 1 saturated heterocycles. The van der Waals surface area contributed by atoms with E-state index in [1.165, 1.54) is 18.2 Å². The van der Waals surface area contributed by atoms with Gasteiger partial charge in [0.1, 0.15) is 11.5 Å². The molecule has 1 aromatic rings. The molecule has 2 unspecified atom stereocenters. The molecule has 0 saturated carbocycles. The van der Waals surface area contributed by atoms with Gasteiger partial charge in [0.2, 0.25) is 0 Å². The third kappa shape index (κ3) is 2.56. The molecule has 1 aromatic carbocycles. The molecule has 1 fully saturated rings. The van der Waals surface area contributed by atoms with Gasteiger partial charge in [0, 0.05) is 25.2 Å². The molecule has 5 heteroatoms. The largest absolute Gasteiger partial charge is 0.508 e. The van der Waals surface area contributed by atoms with Gasteiger partial charge in [-0.15, -0.1) is 0 Å². The number of nitrogens with zero attached hydrogens (tertiary/aromatic N) is 1. The van der Waals surface area contributed by atoms with Gasteiger partial charge in [-0.2, -0.15) is 0 Å². The maximum atomic E-state index is 12.3. The summed E-state index contributed by atoms with van der Waals surface area (Å²) >= 11 is 0. The molecule has 2 atom stereocenters. The fourth-order valence-electron chi connectivity index (χ4n) is 2.44. The number of carbonyl (C=O) groups excluding carboxylic acids is 1. The minimum Gasteiger partial charge on any atom is -0.508 e. The Morgan fingerprint density at radius 1 is 1.39 bits per heavy atom. The third-order valence-corrected chi connectivity index (χ3v) is 3.19. The van der Waals surface area contributed by atoms with Crippen LogP contribution in [0, 0.1) is 5.92 Å². The summed E-state index contributed by atoms with van der Waals surface area (Å²) in [5.74, 6) is -0.147. The summed E-state index contributed by atoms with van der Waals surface area (Å²) in [4.78, 5) is 13.9. The quantitative estimate of drug-likeness (QED) is 0.691. The first kappa shape index (κ1) is 12.7. The number of piperidine rings is 1. The Morgan fingerprint density at radius 3 is 2.72 bits per heavy atom. The predicted molar refractivity (Wildman–Crippen MR) is 67.4 cm³/mol. The molecule has 0 aromatic heterocycles. The van der Waals surface area contributed by atoms with Crippen molar-refractivity contribution in [2.75, 3.05) is 13.1 Å². The molecule has 18 heavy (non-hydrogen) atoms. The number of benzene rings is 1. The van der Waals surface area contributed by atoms with Gasteiger partial charge < -0.3 is 20.8 Å². The number of phenols is 2. The third-order valence-electron chi connectivity index (χ3n) is 3.19. The number of phenolic OH excluding ortho intramolecular Hbond substituents is 2. The fourth-order valence-corrected chi connectivity index (χ4v) is 2.44. The second kappa shape index (κ2) is 4.86. The normalized spacial score (nSPS) is 24.0. The molecule has 0 spiro atoms. The number of carbonyl (C=O) groups is 1. The molecule has 1 aliphatic rings. The zero-order valence-corrected chi connectivity index (χ0v) is 10.3. The van der Waals surface area contributed by atoms with Crippen LogP contribution in [0.4, 0.5) is 0 Å². The molecule has 1 aliphatic heterocycles. The first-order chi connectivity index (χ1) is 8.47. The minimum absolute atomic E-state index is 0.0167. The van der Waals surface area contributed by atoms with Gasteiger partial charge in [-0.25, -0.2) is 0 Å². The van der Waals surface area contributed by atoms with Gasteiger partial charge in [0.15, 0.2) is 0 Å². The Balaban J connectivity index is 2.20. The van der Waals surface area contributed by atoms with E-state index >= 15 is 0 Å². The summed E-state index contributed by atoms with van der Waals surface area (Å²) in [6.45, 7) is 3.20. The summed E-state index contributed by atoms with van der Waals surface area (Å²) in [7, 11) is 0. The molecule has 2 rings (SSSR count). The van der Waals surface area contributed by atoms with Crippen molar-refractivity contribution in [3.63, 3.8) is 0 Å². The maximum Gasteiger partial charge on any atom is 0.257 e. The SMILES string of the molecule is CC1CC(N)CN(C(=O)c2ccc(O)cc2O)C1. The number of hydrogen-bond acceptors (Lipinski definition) is 4. The van der Waals surface area contributed by atoms with Gasteiger partial charge in [0.25, 0.3) is 5.91 Å². The molecule has 0 radical (unpaired) electrons. The van der Waals surface area contributed by atoms with E-state index < -0.39 is 0 Å². The monoisotopic (exact) mass is 250 g/mol. The van der Waals surface area contributed by atoms with Crippen molar-refractivity contribution >= 4 is 5.91 Å². The van der Waals surface area contributed by atoms with Gasteiger partial charge in [-0.05, 0) is 24.5 Å². The number of likely N-dealkylation sites (tertiary alicyclic amines) is 1. The highest BCUT2D eigenvalue weighted by Gasteiger charge is 2.27. The molecule has 0 bridgehead atoms. The van der Waals surface area contributed by atoms with E-state index in [0.29, 0.717) is 19.0 Å². The van der Waals surface area contributed by atoms with Crippen LogP contribution in [0.2, 0.25) is 0 Å².